The highest BCUT2D eigenvalue weighted by Crippen LogP contribution is 2.17. The minimum atomic E-state index is -0.486. The fourth-order valence-corrected chi connectivity index (χ4v) is 1.88. The number of furan rings is 1. The largest absolute Gasteiger partial charge is 0.463 e. The van der Waals surface area contributed by atoms with Crippen molar-refractivity contribution in [1.82, 2.24) is 10.2 Å². The van der Waals surface area contributed by atoms with Gasteiger partial charge in [-0.05, 0) is 26.5 Å². The predicted molar refractivity (Wildman–Crippen MR) is 74.4 cm³/mol. The van der Waals surface area contributed by atoms with Gasteiger partial charge in [0.25, 0.3) is 0 Å². The van der Waals surface area contributed by atoms with E-state index >= 15 is 0 Å². The first-order valence-corrected chi connectivity index (χ1v) is 6.68. The van der Waals surface area contributed by atoms with Crippen LogP contribution in [0, 0.1) is 6.92 Å². The van der Waals surface area contributed by atoms with E-state index < -0.39 is 5.97 Å². The van der Waals surface area contributed by atoms with Crippen molar-refractivity contribution in [3.8, 4) is 0 Å². The summed E-state index contributed by atoms with van der Waals surface area (Å²) < 4.78 is 10.1. The summed E-state index contributed by atoms with van der Waals surface area (Å²) in [6.07, 6.45) is 0. The average molecular weight is 282 g/mol. The molecule has 0 fully saturated rings. The Balaban J connectivity index is 2.70. The molecule has 0 spiro atoms. The van der Waals surface area contributed by atoms with Crippen molar-refractivity contribution in [2.75, 3.05) is 26.7 Å². The molecular formula is C14H22N2O4. The molecule has 1 heterocycles. The maximum atomic E-state index is 11.6. The number of rotatable bonds is 7. The molecule has 0 atom stereocenters. The average Bonchev–Trinajstić information content (AvgIpc) is 2.78. The third-order valence-corrected chi connectivity index (χ3v) is 2.91. The van der Waals surface area contributed by atoms with Crippen LogP contribution in [0.4, 0.5) is 0 Å². The first-order valence-electron chi connectivity index (χ1n) is 6.68. The van der Waals surface area contributed by atoms with Crippen LogP contribution in [0.15, 0.2) is 10.5 Å². The number of nitrogens with zero attached hydrogens (tertiary/aromatic N) is 1. The minimum absolute atomic E-state index is 0.0224. The fourth-order valence-electron chi connectivity index (χ4n) is 1.88. The van der Waals surface area contributed by atoms with Crippen molar-refractivity contribution in [3.05, 3.63) is 23.2 Å². The van der Waals surface area contributed by atoms with Gasteiger partial charge in [-0.3, -0.25) is 9.69 Å². The van der Waals surface area contributed by atoms with Gasteiger partial charge < -0.3 is 14.5 Å². The Labute approximate surface area is 119 Å². The number of amides is 1. The standard InChI is InChI=1S/C14H22N2O4/c1-5-15-12(17)9-16(6-2)8-11-7-10(3)13(20-11)14(18)19-4/h7H,5-6,8-9H2,1-4H3,(H,15,17). The second-order valence-corrected chi connectivity index (χ2v) is 4.47. The van der Waals surface area contributed by atoms with Crippen LogP contribution in [0.2, 0.25) is 0 Å². The van der Waals surface area contributed by atoms with Gasteiger partial charge in [0, 0.05) is 12.1 Å². The number of ether oxygens (including phenoxy) is 1. The van der Waals surface area contributed by atoms with E-state index in [1.807, 2.05) is 18.7 Å². The molecule has 0 radical (unpaired) electrons. The summed E-state index contributed by atoms with van der Waals surface area (Å²) in [7, 11) is 1.32. The molecule has 0 unspecified atom stereocenters. The molecule has 0 aromatic carbocycles. The quantitative estimate of drug-likeness (QED) is 0.764. The molecule has 6 nitrogen and oxygen atoms in total. The van der Waals surface area contributed by atoms with Gasteiger partial charge >= 0.3 is 5.97 Å². The summed E-state index contributed by atoms with van der Waals surface area (Å²) in [6, 6.07) is 1.80. The Kier molecular flexibility index (Phi) is 6.24. The van der Waals surface area contributed by atoms with E-state index in [1.165, 1.54) is 7.11 Å². The number of methoxy groups -OCH3 is 1. The number of esters is 1. The van der Waals surface area contributed by atoms with Gasteiger partial charge in [-0.2, -0.15) is 0 Å². The van der Waals surface area contributed by atoms with E-state index in [-0.39, 0.29) is 11.7 Å². The number of aryl methyl sites for hydroxylation is 1. The van der Waals surface area contributed by atoms with Crippen LogP contribution < -0.4 is 5.32 Å². The Morgan fingerprint density at radius 3 is 2.65 bits per heavy atom. The van der Waals surface area contributed by atoms with E-state index in [2.05, 4.69) is 10.1 Å². The SMILES string of the molecule is CCNC(=O)CN(CC)Cc1cc(C)c(C(=O)OC)o1. The van der Waals surface area contributed by atoms with E-state index in [1.54, 1.807) is 13.0 Å². The smallest absolute Gasteiger partial charge is 0.374 e. The molecule has 0 bridgehead atoms. The summed E-state index contributed by atoms with van der Waals surface area (Å²) >= 11 is 0. The first-order chi connectivity index (χ1) is 9.51. The number of hydrogen-bond donors (Lipinski definition) is 1. The van der Waals surface area contributed by atoms with Crippen molar-refractivity contribution in [3.63, 3.8) is 0 Å². The van der Waals surface area contributed by atoms with Crippen LogP contribution in [-0.4, -0.2) is 43.5 Å². The van der Waals surface area contributed by atoms with E-state index in [0.717, 1.165) is 5.56 Å². The summed E-state index contributed by atoms with van der Waals surface area (Å²) in [5.41, 5.74) is 0.737. The maximum absolute atomic E-state index is 11.6. The van der Waals surface area contributed by atoms with Gasteiger partial charge in [-0.1, -0.05) is 6.92 Å². The topological polar surface area (TPSA) is 71.8 Å². The van der Waals surface area contributed by atoms with Gasteiger partial charge in [-0.25, -0.2) is 4.79 Å². The normalized spacial score (nSPS) is 10.7. The summed E-state index contributed by atoms with van der Waals surface area (Å²) in [5, 5.41) is 2.75. The lowest BCUT2D eigenvalue weighted by Gasteiger charge is -2.18. The minimum Gasteiger partial charge on any atom is -0.463 e. The molecule has 1 aromatic heterocycles. The first kappa shape index (κ1) is 16.2. The molecule has 112 valence electrons. The molecule has 0 aliphatic heterocycles. The summed E-state index contributed by atoms with van der Waals surface area (Å²) in [5.74, 6) is 0.358. The number of carbonyl (C=O) groups is 2. The van der Waals surface area contributed by atoms with Gasteiger partial charge in [0.05, 0.1) is 20.2 Å². The number of carbonyl (C=O) groups excluding carboxylic acids is 2. The highest BCUT2D eigenvalue weighted by molar-refractivity contribution is 5.87. The van der Waals surface area contributed by atoms with Crippen LogP contribution in [0.1, 0.15) is 35.7 Å². The molecule has 0 saturated heterocycles. The number of likely N-dealkylation sites (N-methyl/N-ethyl adjacent to an activating group) is 2. The highest BCUT2D eigenvalue weighted by atomic mass is 16.5. The van der Waals surface area contributed by atoms with E-state index in [4.69, 9.17) is 4.42 Å². The lowest BCUT2D eigenvalue weighted by Crippen LogP contribution is -2.36. The van der Waals surface area contributed by atoms with Crippen LogP contribution in [0.3, 0.4) is 0 Å². The summed E-state index contributed by atoms with van der Waals surface area (Å²) in [4.78, 5) is 25.0. The van der Waals surface area contributed by atoms with Crippen molar-refractivity contribution in [2.24, 2.45) is 0 Å². The third kappa shape index (κ3) is 4.38. The molecule has 1 rings (SSSR count). The van der Waals surface area contributed by atoms with Crippen LogP contribution in [-0.2, 0) is 16.1 Å². The van der Waals surface area contributed by atoms with Crippen LogP contribution in [0.25, 0.3) is 0 Å². The lowest BCUT2D eigenvalue weighted by molar-refractivity contribution is -0.122. The monoisotopic (exact) mass is 282 g/mol. The summed E-state index contributed by atoms with van der Waals surface area (Å²) in [6.45, 7) is 7.75. The molecule has 1 amide bonds. The van der Waals surface area contributed by atoms with Crippen molar-refractivity contribution in [1.29, 1.82) is 0 Å². The number of hydrogen-bond acceptors (Lipinski definition) is 5. The Morgan fingerprint density at radius 2 is 2.10 bits per heavy atom. The molecule has 0 aliphatic carbocycles. The molecule has 6 heteroatoms. The fraction of sp³-hybridized carbons (Fsp3) is 0.571. The maximum Gasteiger partial charge on any atom is 0.374 e. The molecule has 0 saturated carbocycles. The second-order valence-electron chi connectivity index (χ2n) is 4.47. The predicted octanol–water partition coefficient (Wildman–Crippen LogP) is 1.33. The van der Waals surface area contributed by atoms with Gasteiger partial charge in [0.15, 0.2) is 0 Å². The van der Waals surface area contributed by atoms with Crippen LogP contribution >= 0.6 is 0 Å². The molecule has 20 heavy (non-hydrogen) atoms. The van der Waals surface area contributed by atoms with Crippen molar-refractivity contribution in [2.45, 2.75) is 27.3 Å². The zero-order chi connectivity index (χ0) is 15.1. The Morgan fingerprint density at radius 1 is 1.40 bits per heavy atom. The van der Waals surface area contributed by atoms with Gasteiger partial charge in [0.2, 0.25) is 11.7 Å². The van der Waals surface area contributed by atoms with E-state index in [0.29, 0.717) is 31.9 Å². The van der Waals surface area contributed by atoms with Gasteiger partial charge in [-0.15, -0.1) is 0 Å². The third-order valence-electron chi connectivity index (χ3n) is 2.91. The van der Waals surface area contributed by atoms with Crippen molar-refractivity contribution >= 4 is 11.9 Å². The van der Waals surface area contributed by atoms with Crippen LogP contribution in [0.5, 0.6) is 0 Å². The lowest BCUT2D eigenvalue weighted by atomic mass is 10.2. The van der Waals surface area contributed by atoms with Gasteiger partial charge in [0.1, 0.15) is 5.76 Å². The molecule has 1 aromatic rings. The zero-order valence-corrected chi connectivity index (χ0v) is 12.5. The van der Waals surface area contributed by atoms with E-state index in [9.17, 15) is 9.59 Å². The molecule has 1 N–H and O–H groups in total. The second kappa shape index (κ2) is 7.69. The highest BCUT2D eigenvalue weighted by Gasteiger charge is 2.18. The zero-order valence-electron chi connectivity index (χ0n) is 12.5. The van der Waals surface area contributed by atoms with Crippen molar-refractivity contribution < 1.29 is 18.7 Å². The molecule has 0 aliphatic rings. The number of nitrogens with one attached hydrogen (secondary N) is 1. The Bertz CT molecular complexity index is 468. The molecular weight excluding hydrogens is 260 g/mol. The Hall–Kier alpha value is -1.82.